The maximum Gasteiger partial charge on any atom is 0.421 e. The molecule has 2 aliphatic rings. The number of fused-ring (bicyclic) bond motifs is 1. The van der Waals surface area contributed by atoms with E-state index in [-0.39, 0.29) is 17.8 Å². The summed E-state index contributed by atoms with van der Waals surface area (Å²) in [5, 5.41) is 5.33. The van der Waals surface area contributed by atoms with Crippen LogP contribution in [0.5, 0.6) is 11.5 Å². The number of benzene rings is 1. The lowest BCUT2D eigenvalue weighted by Gasteiger charge is -2.35. The number of halogens is 3. The number of morpholine rings is 1. The second kappa shape index (κ2) is 8.46. The van der Waals surface area contributed by atoms with Crippen molar-refractivity contribution >= 4 is 23.9 Å². The number of ether oxygens (including phenoxy) is 3. The Hall–Kier alpha value is -3.28. The third-order valence-electron chi connectivity index (χ3n) is 4.96. The number of carbonyl (C=O) groups excluding carboxylic acids is 1. The molecule has 12 heteroatoms. The Kier molecular flexibility index (Phi) is 5.72. The molecule has 1 aromatic heterocycles. The molecule has 1 aromatic carbocycles. The number of hydrogen-bond acceptors (Lipinski definition) is 8. The van der Waals surface area contributed by atoms with Crippen LogP contribution in [-0.2, 0) is 15.7 Å². The summed E-state index contributed by atoms with van der Waals surface area (Å²) in [7, 11) is 1.35. The van der Waals surface area contributed by atoms with Gasteiger partial charge in [-0.1, -0.05) is 6.07 Å². The fraction of sp³-hybridized carbons (Fsp3) is 0.421. The van der Waals surface area contributed by atoms with Gasteiger partial charge in [-0.2, -0.15) is 18.2 Å². The lowest BCUT2D eigenvalue weighted by atomic mass is 10.0. The van der Waals surface area contributed by atoms with Crippen LogP contribution in [0, 0.1) is 0 Å². The van der Waals surface area contributed by atoms with Crippen molar-refractivity contribution in [3.05, 3.63) is 29.5 Å². The second-order valence-corrected chi connectivity index (χ2v) is 6.82. The van der Waals surface area contributed by atoms with E-state index in [9.17, 15) is 18.0 Å². The monoisotopic (exact) mass is 439 g/mol. The molecule has 4 rings (SSSR count). The van der Waals surface area contributed by atoms with E-state index in [0.717, 1.165) is 12.0 Å². The molecule has 1 fully saturated rings. The normalized spacial score (nSPS) is 18.5. The van der Waals surface area contributed by atoms with Gasteiger partial charge in [0, 0.05) is 25.4 Å². The fourth-order valence-corrected chi connectivity index (χ4v) is 3.49. The lowest BCUT2D eigenvalue weighted by Crippen LogP contribution is -2.39. The average molecular weight is 439 g/mol. The quantitative estimate of drug-likeness (QED) is 0.687. The van der Waals surface area contributed by atoms with E-state index < -0.39 is 11.7 Å². The van der Waals surface area contributed by atoms with Crippen molar-refractivity contribution in [1.29, 1.82) is 0 Å². The number of aromatic nitrogens is 2. The van der Waals surface area contributed by atoms with Crippen LogP contribution in [0.25, 0.3) is 0 Å². The smallest absolute Gasteiger partial charge is 0.421 e. The number of carbonyl (C=O) groups is 1. The van der Waals surface area contributed by atoms with Crippen molar-refractivity contribution in [2.75, 3.05) is 50.7 Å². The van der Waals surface area contributed by atoms with Crippen molar-refractivity contribution in [1.82, 2.24) is 14.9 Å². The van der Waals surface area contributed by atoms with E-state index in [1.807, 2.05) is 0 Å². The van der Waals surface area contributed by atoms with E-state index in [2.05, 4.69) is 20.6 Å². The van der Waals surface area contributed by atoms with Crippen LogP contribution in [0.2, 0.25) is 0 Å². The summed E-state index contributed by atoms with van der Waals surface area (Å²) in [5.41, 5.74) is 0.176. The van der Waals surface area contributed by atoms with Crippen molar-refractivity contribution in [2.24, 2.45) is 0 Å². The first-order chi connectivity index (χ1) is 14.9. The first-order valence-corrected chi connectivity index (χ1v) is 9.52. The van der Waals surface area contributed by atoms with E-state index in [0.29, 0.717) is 56.4 Å². The van der Waals surface area contributed by atoms with Gasteiger partial charge in [-0.15, -0.1) is 0 Å². The van der Waals surface area contributed by atoms with E-state index in [1.54, 1.807) is 17.0 Å². The van der Waals surface area contributed by atoms with Crippen LogP contribution in [0.3, 0.4) is 0 Å². The standard InChI is InChI=1S/C19H20F3N5O4/c1-23-17-12(19(20,21)22)8-24-18(26-17)25-13-3-2-11(15-16(13)31-7-6-30-15)14-9-29-5-4-27(14)10-28/h2-3,8,10,14H,4-7,9H2,1H3,(H2,23,24,25,26). The molecular weight excluding hydrogens is 419 g/mol. The summed E-state index contributed by atoms with van der Waals surface area (Å²) in [4.78, 5) is 20.8. The fourth-order valence-electron chi connectivity index (χ4n) is 3.49. The van der Waals surface area contributed by atoms with Gasteiger partial charge in [0.05, 0.1) is 24.9 Å². The van der Waals surface area contributed by atoms with Crippen molar-refractivity contribution in [3.63, 3.8) is 0 Å². The molecular formula is C19H20F3N5O4. The largest absolute Gasteiger partial charge is 0.486 e. The van der Waals surface area contributed by atoms with Gasteiger partial charge in [0.15, 0.2) is 11.5 Å². The van der Waals surface area contributed by atoms with Gasteiger partial charge >= 0.3 is 6.18 Å². The number of nitrogens with zero attached hydrogens (tertiary/aromatic N) is 3. The van der Waals surface area contributed by atoms with Gasteiger partial charge < -0.3 is 29.7 Å². The maximum absolute atomic E-state index is 13.1. The van der Waals surface area contributed by atoms with Gasteiger partial charge in [0.1, 0.15) is 24.6 Å². The number of alkyl halides is 3. The van der Waals surface area contributed by atoms with Crippen LogP contribution in [0.15, 0.2) is 18.3 Å². The van der Waals surface area contributed by atoms with Gasteiger partial charge in [-0.25, -0.2) is 4.98 Å². The zero-order valence-electron chi connectivity index (χ0n) is 16.5. The summed E-state index contributed by atoms with van der Waals surface area (Å²) >= 11 is 0. The molecule has 2 aliphatic heterocycles. The Bertz CT molecular complexity index is 972. The number of rotatable bonds is 5. The molecule has 31 heavy (non-hydrogen) atoms. The molecule has 9 nitrogen and oxygen atoms in total. The van der Waals surface area contributed by atoms with E-state index >= 15 is 0 Å². The molecule has 1 atom stereocenters. The Morgan fingerprint density at radius 3 is 2.68 bits per heavy atom. The van der Waals surface area contributed by atoms with Gasteiger partial charge in [-0.3, -0.25) is 4.79 Å². The highest BCUT2D eigenvalue weighted by molar-refractivity contribution is 5.71. The number of anilines is 3. The Morgan fingerprint density at radius 2 is 1.97 bits per heavy atom. The molecule has 0 bridgehead atoms. The summed E-state index contributed by atoms with van der Waals surface area (Å²) < 4.78 is 56.4. The second-order valence-electron chi connectivity index (χ2n) is 6.82. The van der Waals surface area contributed by atoms with Crippen LogP contribution in [0.4, 0.5) is 30.6 Å². The highest BCUT2D eigenvalue weighted by Gasteiger charge is 2.35. The van der Waals surface area contributed by atoms with Gasteiger partial charge in [0.2, 0.25) is 12.4 Å². The third kappa shape index (κ3) is 4.15. The first-order valence-electron chi connectivity index (χ1n) is 9.52. The minimum absolute atomic E-state index is 0.0445. The van der Waals surface area contributed by atoms with E-state index in [4.69, 9.17) is 14.2 Å². The molecule has 1 amide bonds. The topological polar surface area (TPSA) is 97.8 Å². The summed E-state index contributed by atoms with van der Waals surface area (Å²) in [6.45, 7) is 1.83. The Balaban J connectivity index is 1.68. The lowest BCUT2D eigenvalue weighted by molar-refractivity contribution is -0.137. The van der Waals surface area contributed by atoms with Crippen molar-refractivity contribution in [3.8, 4) is 11.5 Å². The van der Waals surface area contributed by atoms with E-state index in [1.165, 1.54) is 7.05 Å². The third-order valence-corrected chi connectivity index (χ3v) is 4.96. The van der Waals surface area contributed by atoms with Crippen LogP contribution in [-0.4, -0.2) is 61.3 Å². The Morgan fingerprint density at radius 1 is 1.19 bits per heavy atom. The van der Waals surface area contributed by atoms with Crippen molar-refractivity contribution in [2.45, 2.75) is 12.2 Å². The number of hydrogen-bond donors (Lipinski definition) is 2. The predicted octanol–water partition coefficient (Wildman–Crippen LogP) is 2.58. The zero-order valence-corrected chi connectivity index (χ0v) is 16.5. The first kappa shape index (κ1) is 21.0. The zero-order chi connectivity index (χ0) is 22.0. The Labute approximate surface area is 175 Å². The summed E-state index contributed by atoms with van der Waals surface area (Å²) in [6.07, 6.45) is -3.10. The number of amides is 1. The van der Waals surface area contributed by atoms with Crippen LogP contribution in [0.1, 0.15) is 17.2 Å². The molecule has 2 aromatic rings. The van der Waals surface area contributed by atoms with Crippen LogP contribution >= 0.6 is 0 Å². The number of nitrogens with one attached hydrogen (secondary N) is 2. The molecule has 0 spiro atoms. The predicted molar refractivity (Wildman–Crippen MR) is 104 cm³/mol. The molecule has 0 radical (unpaired) electrons. The van der Waals surface area contributed by atoms with Crippen molar-refractivity contribution < 1.29 is 32.2 Å². The maximum atomic E-state index is 13.1. The summed E-state index contributed by atoms with van der Waals surface area (Å²) in [6, 6.07) is 3.10. The van der Waals surface area contributed by atoms with Crippen LogP contribution < -0.4 is 20.1 Å². The minimum Gasteiger partial charge on any atom is -0.486 e. The average Bonchev–Trinajstić information content (AvgIpc) is 2.78. The molecule has 2 N–H and O–H groups in total. The van der Waals surface area contributed by atoms with Gasteiger partial charge in [-0.05, 0) is 6.07 Å². The van der Waals surface area contributed by atoms with Gasteiger partial charge in [0.25, 0.3) is 0 Å². The molecule has 0 saturated carbocycles. The SMILES string of the molecule is CNc1nc(Nc2ccc(C3COCCN3C=O)c3c2OCCO3)ncc1C(F)(F)F. The molecule has 166 valence electrons. The molecule has 3 heterocycles. The molecule has 1 unspecified atom stereocenters. The highest BCUT2D eigenvalue weighted by atomic mass is 19.4. The minimum atomic E-state index is -4.58. The summed E-state index contributed by atoms with van der Waals surface area (Å²) in [5.74, 6) is 0.416. The molecule has 1 saturated heterocycles. The highest BCUT2D eigenvalue weighted by Crippen LogP contribution is 2.45. The molecule has 0 aliphatic carbocycles.